The van der Waals surface area contributed by atoms with Gasteiger partial charge in [-0.25, -0.2) is 0 Å². The van der Waals surface area contributed by atoms with Crippen molar-refractivity contribution >= 4 is 12.0 Å². The Morgan fingerprint density at radius 2 is 1.97 bits per heavy atom. The molecule has 6 nitrogen and oxygen atoms in total. The first-order chi connectivity index (χ1) is 15.0. The highest BCUT2D eigenvalue weighted by atomic mass is 16.5. The van der Waals surface area contributed by atoms with Crippen molar-refractivity contribution in [3.63, 3.8) is 0 Å². The third-order valence-corrected chi connectivity index (χ3v) is 5.38. The molecule has 2 rings (SSSR count). The number of hydrogen-bond acceptors (Lipinski definition) is 5. The summed E-state index contributed by atoms with van der Waals surface area (Å²) in [5.74, 6) is -0.217. The van der Waals surface area contributed by atoms with Gasteiger partial charge in [0.15, 0.2) is 0 Å². The van der Waals surface area contributed by atoms with Gasteiger partial charge in [0, 0.05) is 30.1 Å². The molecule has 0 spiro atoms. The van der Waals surface area contributed by atoms with Crippen molar-refractivity contribution < 1.29 is 14.6 Å². The number of nitrogens with one attached hydrogen (secondary N) is 1. The van der Waals surface area contributed by atoms with Crippen LogP contribution in [0.25, 0.3) is 6.08 Å². The van der Waals surface area contributed by atoms with Crippen LogP contribution >= 0.6 is 0 Å². The second kappa shape index (κ2) is 10.4. The van der Waals surface area contributed by atoms with Crippen molar-refractivity contribution in [2.75, 3.05) is 0 Å². The molecule has 0 saturated carbocycles. The molecule has 0 unspecified atom stereocenters. The summed E-state index contributed by atoms with van der Waals surface area (Å²) < 4.78 is 6.14. The van der Waals surface area contributed by atoms with Crippen LogP contribution in [0.4, 0.5) is 0 Å². The van der Waals surface area contributed by atoms with Gasteiger partial charge < -0.3 is 9.84 Å². The molecule has 1 atom stereocenters. The number of rotatable bonds is 9. The van der Waals surface area contributed by atoms with Crippen molar-refractivity contribution in [3.8, 4) is 11.8 Å². The second-order valence-corrected chi connectivity index (χ2v) is 9.34. The molecule has 0 aliphatic rings. The summed E-state index contributed by atoms with van der Waals surface area (Å²) in [6.45, 7) is 12.6. The van der Waals surface area contributed by atoms with E-state index in [2.05, 4.69) is 49.3 Å². The Labute approximate surface area is 191 Å². The topological polar surface area (TPSA) is 95.2 Å². The largest absolute Gasteiger partial charge is 0.488 e. The molecular formula is C26H33N3O3. The van der Waals surface area contributed by atoms with E-state index in [9.17, 15) is 9.90 Å². The fraction of sp³-hybridized carbons (Fsp3) is 0.423. The van der Waals surface area contributed by atoms with E-state index in [4.69, 9.17) is 10.00 Å². The number of benzene rings is 1. The lowest BCUT2D eigenvalue weighted by molar-refractivity contribution is -0.144. The van der Waals surface area contributed by atoms with E-state index in [0.717, 1.165) is 22.3 Å². The standard InChI is InChI=1S/C26H33N3O3/c1-7-26(6,24(30)31)29-16-22-10-18(2)21(8-9-25(3,4)5)12-23(22)32-17-20-11-19(13-27)14-28-15-20/h8-12,14-15,29H,7,16-17H2,1-6H3,(H,30,31)/b9-8+/t26-/m0/s1. The zero-order chi connectivity index (χ0) is 23.9. The Balaban J connectivity index is 2.37. The molecule has 1 aromatic heterocycles. The number of aliphatic carboxylic acids is 1. The van der Waals surface area contributed by atoms with E-state index in [-0.39, 0.29) is 12.0 Å². The minimum Gasteiger partial charge on any atom is -0.488 e. The van der Waals surface area contributed by atoms with Gasteiger partial charge >= 0.3 is 5.97 Å². The molecule has 6 heteroatoms. The molecule has 2 N–H and O–H groups in total. The number of aryl methyl sites for hydroxylation is 1. The maximum Gasteiger partial charge on any atom is 0.323 e. The third kappa shape index (κ3) is 6.93. The first-order valence-electron chi connectivity index (χ1n) is 10.8. The van der Waals surface area contributed by atoms with Gasteiger partial charge in [-0.1, -0.05) is 45.9 Å². The molecule has 0 radical (unpaired) electrons. The third-order valence-electron chi connectivity index (χ3n) is 5.38. The number of carboxylic acid groups (broad SMARTS) is 1. The predicted molar refractivity (Wildman–Crippen MR) is 126 cm³/mol. The number of nitrogens with zero attached hydrogens (tertiary/aromatic N) is 2. The summed E-state index contributed by atoms with van der Waals surface area (Å²) in [7, 11) is 0. The molecule has 0 fully saturated rings. The summed E-state index contributed by atoms with van der Waals surface area (Å²) >= 11 is 0. The monoisotopic (exact) mass is 435 g/mol. The van der Waals surface area contributed by atoms with Gasteiger partial charge in [-0.2, -0.15) is 5.26 Å². The van der Waals surface area contributed by atoms with Crippen molar-refractivity contribution in [2.45, 2.75) is 66.7 Å². The van der Waals surface area contributed by atoms with Gasteiger partial charge in [0.2, 0.25) is 0 Å². The Morgan fingerprint density at radius 1 is 1.25 bits per heavy atom. The lowest BCUT2D eigenvalue weighted by Crippen LogP contribution is -2.48. The fourth-order valence-corrected chi connectivity index (χ4v) is 2.99. The van der Waals surface area contributed by atoms with Gasteiger partial charge in [0.05, 0.1) is 5.56 Å². The summed E-state index contributed by atoms with van der Waals surface area (Å²) in [4.78, 5) is 15.8. The number of ether oxygens (including phenoxy) is 1. The molecule has 32 heavy (non-hydrogen) atoms. The number of carboxylic acids is 1. The van der Waals surface area contributed by atoms with Crippen LogP contribution in [0, 0.1) is 23.7 Å². The molecule has 0 saturated heterocycles. The number of pyridine rings is 1. The highest BCUT2D eigenvalue weighted by molar-refractivity contribution is 5.78. The normalized spacial score (nSPS) is 13.5. The molecule has 2 aromatic rings. The van der Waals surface area contributed by atoms with Crippen LogP contribution in [0.3, 0.4) is 0 Å². The predicted octanol–water partition coefficient (Wildman–Crippen LogP) is 5.24. The van der Waals surface area contributed by atoms with Gasteiger partial charge in [0.25, 0.3) is 0 Å². The van der Waals surface area contributed by atoms with E-state index in [0.29, 0.717) is 24.3 Å². The Hall–Kier alpha value is -3.17. The van der Waals surface area contributed by atoms with Gasteiger partial charge in [-0.15, -0.1) is 0 Å². The van der Waals surface area contributed by atoms with E-state index in [1.54, 1.807) is 19.2 Å². The van der Waals surface area contributed by atoms with E-state index < -0.39 is 11.5 Å². The van der Waals surface area contributed by atoms with Crippen molar-refractivity contribution in [2.24, 2.45) is 5.41 Å². The van der Waals surface area contributed by atoms with Gasteiger partial charge in [-0.05, 0) is 48.9 Å². The minimum absolute atomic E-state index is 0.0432. The van der Waals surface area contributed by atoms with Crippen molar-refractivity contribution in [1.82, 2.24) is 10.3 Å². The zero-order valence-electron chi connectivity index (χ0n) is 19.8. The number of carbonyl (C=O) groups is 1. The molecule has 0 bridgehead atoms. The summed E-state index contributed by atoms with van der Waals surface area (Å²) in [6, 6.07) is 7.85. The molecular weight excluding hydrogens is 402 g/mol. The van der Waals surface area contributed by atoms with Gasteiger partial charge in [0.1, 0.15) is 24.0 Å². The molecule has 0 amide bonds. The molecule has 1 heterocycles. The number of aromatic nitrogens is 1. The smallest absolute Gasteiger partial charge is 0.323 e. The first-order valence-corrected chi connectivity index (χ1v) is 10.8. The van der Waals surface area contributed by atoms with Crippen LogP contribution in [0.2, 0.25) is 0 Å². The molecule has 170 valence electrons. The van der Waals surface area contributed by atoms with Crippen LogP contribution in [0.15, 0.2) is 36.7 Å². The number of nitriles is 1. The fourth-order valence-electron chi connectivity index (χ4n) is 2.99. The van der Waals surface area contributed by atoms with Gasteiger partial charge in [-0.3, -0.25) is 15.1 Å². The number of allylic oxidation sites excluding steroid dienone is 1. The second-order valence-electron chi connectivity index (χ2n) is 9.34. The summed E-state index contributed by atoms with van der Waals surface area (Å²) in [5.41, 5.74) is 3.28. The lowest BCUT2D eigenvalue weighted by Gasteiger charge is -2.25. The van der Waals surface area contributed by atoms with Crippen LogP contribution in [-0.2, 0) is 17.9 Å². The Bertz CT molecular complexity index is 1030. The highest BCUT2D eigenvalue weighted by Gasteiger charge is 2.30. The van der Waals surface area contributed by atoms with E-state index in [1.165, 1.54) is 6.20 Å². The van der Waals surface area contributed by atoms with Crippen LogP contribution in [0.5, 0.6) is 5.75 Å². The SMILES string of the molecule is CC[C@](C)(NCc1cc(C)c(/C=C/C(C)(C)C)cc1OCc1cncc(C#N)c1)C(=O)O. The average Bonchev–Trinajstić information content (AvgIpc) is 2.75. The number of hydrogen-bond donors (Lipinski definition) is 2. The first kappa shape index (κ1) is 25.1. The lowest BCUT2D eigenvalue weighted by atomic mass is 9.93. The maximum atomic E-state index is 11.7. The van der Waals surface area contributed by atoms with Crippen LogP contribution < -0.4 is 10.1 Å². The Kier molecular flexibility index (Phi) is 8.18. The Morgan fingerprint density at radius 3 is 2.56 bits per heavy atom. The highest BCUT2D eigenvalue weighted by Crippen LogP contribution is 2.28. The van der Waals surface area contributed by atoms with Crippen molar-refractivity contribution in [3.05, 3.63) is 64.5 Å². The summed E-state index contributed by atoms with van der Waals surface area (Å²) in [6.07, 6.45) is 7.88. The maximum absolute atomic E-state index is 11.7. The summed E-state index contributed by atoms with van der Waals surface area (Å²) in [5, 5.41) is 21.9. The molecule has 1 aromatic carbocycles. The van der Waals surface area contributed by atoms with Crippen LogP contribution in [0.1, 0.15) is 68.9 Å². The van der Waals surface area contributed by atoms with Crippen LogP contribution in [-0.4, -0.2) is 21.6 Å². The quantitative estimate of drug-likeness (QED) is 0.559. The molecule has 0 aliphatic heterocycles. The minimum atomic E-state index is -1.03. The van der Waals surface area contributed by atoms with E-state index in [1.807, 2.05) is 26.0 Å². The van der Waals surface area contributed by atoms with Crippen molar-refractivity contribution in [1.29, 1.82) is 5.26 Å². The molecule has 0 aliphatic carbocycles. The zero-order valence-corrected chi connectivity index (χ0v) is 19.8. The average molecular weight is 436 g/mol. The van der Waals surface area contributed by atoms with E-state index >= 15 is 0 Å².